The van der Waals surface area contributed by atoms with Gasteiger partial charge < -0.3 is 10.2 Å². The van der Waals surface area contributed by atoms with Crippen LogP contribution in [0.25, 0.3) is 0 Å². The van der Waals surface area contributed by atoms with Crippen molar-refractivity contribution in [3.63, 3.8) is 0 Å². The van der Waals surface area contributed by atoms with E-state index in [1.54, 1.807) is 0 Å². The minimum atomic E-state index is 0.652. The molecular formula is C19H26N6. The summed E-state index contributed by atoms with van der Waals surface area (Å²) in [5.74, 6) is 3.41. The van der Waals surface area contributed by atoms with Crippen LogP contribution >= 0.6 is 0 Å². The van der Waals surface area contributed by atoms with Crippen LogP contribution in [0.5, 0.6) is 0 Å². The predicted octanol–water partition coefficient (Wildman–Crippen LogP) is 3.69. The first-order valence-electron chi connectivity index (χ1n) is 9.84. The highest BCUT2D eigenvalue weighted by molar-refractivity contribution is 5.60. The number of nitrogens with zero attached hydrogens (tertiary/aromatic N) is 4. The van der Waals surface area contributed by atoms with Gasteiger partial charge in [-0.15, -0.1) is 0 Å². The number of nitrogens with one attached hydrogen (secondary N) is 2. The van der Waals surface area contributed by atoms with Gasteiger partial charge in [0.05, 0.1) is 5.69 Å². The molecule has 0 unspecified atom stereocenters. The van der Waals surface area contributed by atoms with Crippen molar-refractivity contribution in [3.8, 4) is 0 Å². The van der Waals surface area contributed by atoms with Crippen molar-refractivity contribution in [1.82, 2.24) is 20.2 Å². The van der Waals surface area contributed by atoms with Crippen molar-refractivity contribution in [1.29, 1.82) is 0 Å². The Kier molecular flexibility index (Phi) is 3.83. The second kappa shape index (κ2) is 6.32. The van der Waals surface area contributed by atoms with Crippen LogP contribution in [0.1, 0.15) is 67.8 Å². The Balaban J connectivity index is 1.42. The number of hydrogen-bond acceptors (Lipinski definition) is 5. The molecule has 0 aromatic carbocycles. The Morgan fingerprint density at radius 3 is 2.68 bits per heavy atom. The van der Waals surface area contributed by atoms with E-state index in [4.69, 9.17) is 9.97 Å². The smallest absolute Gasteiger partial charge is 0.227 e. The third-order valence-electron chi connectivity index (χ3n) is 5.95. The Labute approximate surface area is 148 Å². The molecule has 1 saturated carbocycles. The van der Waals surface area contributed by atoms with Gasteiger partial charge in [0.1, 0.15) is 5.82 Å². The number of anilines is 3. The quantitative estimate of drug-likeness (QED) is 0.890. The molecule has 2 aromatic heterocycles. The molecule has 2 aliphatic carbocycles. The molecule has 0 amide bonds. The highest BCUT2D eigenvalue weighted by atomic mass is 15.3. The number of rotatable bonds is 4. The van der Waals surface area contributed by atoms with Crippen molar-refractivity contribution in [3.05, 3.63) is 23.0 Å². The second-order valence-corrected chi connectivity index (χ2v) is 7.66. The summed E-state index contributed by atoms with van der Waals surface area (Å²) in [7, 11) is 0. The molecule has 6 nitrogen and oxygen atoms in total. The van der Waals surface area contributed by atoms with Crippen molar-refractivity contribution in [2.24, 2.45) is 0 Å². The Morgan fingerprint density at radius 1 is 1.00 bits per heavy atom. The fraction of sp³-hybridized carbons (Fsp3) is 0.632. The largest absolute Gasteiger partial charge is 0.341 e. The van der Waals surface area contributed by atoms with Gasteiger partial charge in [-0.2, -0.15) is 10.1 Å². The van der Waals surface area contributed by atoms with Gasteiger partial charge >= 0.3 is 0 Å². The third-order valence-corrected chi connectivity index (χ3v) is 5.95. The molecule has 2 N–H and O–H groups in total. The first-order valence-corrected chi connectivity index (χ1v) is 9.84. The summed E-state index contributed by atoms with van der Waals surface area (Å²) in [4.78, 5) is 12.0. The van der Waals surface area contributed by atoms with Crippen LogP contribution in [0, 0.1) is 0 Å². The molecule has 0 radical (unpaired) electrons. The maximum atomic E-state index is 4.88. The molecule has 2 fully saturated rings. The van der Waals surface area contributed by atoms with Gasteiger partial charge in [-0.3, -0.25) is 5.10 Å². The van der Waals surface area contributed by atoms with E-state index in [-0.39, 0.29) is 0 Å². The molecule has 0 bridgehead atoms. The van der Waals surface area contributed by atoms with Crippen LogP contribution in [-0.2, 0) is 12.8 Å². The standard InChI is InChI=1S/C19H26N6/c1-2-7-13(6-1)16-12-17(24-23-16)21-18-14-8-5-9-15(14)20-19(22-18)25-10-3-4-11-25/h12-13H,1-11H2,(H2,20,21,22,23,24). The van der Waals surface area contributed by atoms with Gasteiger partial charge in [-0.25, -0.2) is 4.98 Å². The van der Waals surface area contributed by atoms with Crippen LogP contribution < -0.4 is 10.2 Å². The van der Waals surface area contributed by atoms with E-state index >= 15 is 0 Å². The summed E-state index contributed by atoms with van der Waals surface area (Å²) in [5.41, 5.74) is 3.78. The van der Waals surface area contributed by atoms with Crippen molar-refractivity contribution >= 4 is 17.6 Å². The number of H-pyrrole nitrogens is 1. The van der Waals surface area contributed by atoms with Gasteiger partial charge in [0, 0.05) is 36.3 Å². The molecule has 132 valence electrons. The van der Waals surface area contributed by atoms with Gasteiger partial charge in [0.25, 0.3) is 0 Å². The van der Waals surface area contributed by atoms with E-state index in [2.05, 4.69) is 26.5 Å². The average Bonchev–Trinajstić information content (AvgIpc) is 3.40. The Morgan fingerprint density at radius 2 is 1.84 bits per heavy atom. The van der Waals surface area contributed by atoms with Crippen LogP contribution in [0.4, 0.5) is 17.6 Å². The van der Waals surface area contributed by atoms with Gasteiger partial charge in [0.15, 0.2) is 5.82 Å². The van der Waals surface area contributed by atoms with E-state index in [0.29, 0.717) is 5.92 Å². The van der Waals surface area contributed by atoms with E-state index in [0.717, 1.165) is 43.5 Å². The van der Waals surface area contributed by atoms with Crippen molar-refractivity contribution < 1.29 is 0 Å². The topological polar surface area (TPSA) is 69.7 Å². The number of fused-ring (bicyclic) bond motifs is 1. The molecular weight excluding hydrogens is 312 g/mol. The Bertz CT molecular complexity index is 755. The molecule has 3 aliphatic rings. The number of aromatic amines is 1. The molecule has 0 spiro atoms. The summed E-state index contributed by atoms with van der Waals surface area (Å²) in [5, 5.41) is 11.2. The lowest BCUT2D eigenvalue weighted by Crippen LogP contribution is -2.21. The SMILES string of the molecule is c1c(Nc2nc(N3CCCC3)nc3c2CCC3)n[nH]c1C1CCCC1. The first kappa shape index (κ1) is 15.2. The van der Waals surface area contributed by atoms with Crippen LogP contribution in [0.2, 0.25) is 0 Å². The zero-order valence-electron chi connectivity index (χ0n) is 14.7. The first-order chi connectivity index (χ1) is 12.4. The number of aryl methyl sites for hydroxylation is 1. The lowest BCUT2D eigenvalue weighted by Gasteiger charge is -2.18. The van der Waals surface area contributed by atoms with E-state index in [1.807, 2.05) is 0 Å². The molecule has 5 rings (SSSR count). The molecule has 1 saturated heterocycles. The molecule has 3 heterocycles. The Hall–Kier alpha value is -2.11. The summed E-state index contributed by atoms with van der Waals surface area (Å²) in [6.07, 6.45) is 11.0. The van der Waals surface area contributed by atoms with Crippen LogP contribution in [-0.4, -0.2) is 33.3 Å². The normalized spacial score (nSPS) is 20.4. The lowest BCUT2D eigenvalue weighted by molar-refractivity contribution is 0.693. The minimum Gasteiger partial charge on any atom is -0.341 e. The minimum absolute atomic E-state index is 0.652. The summed E-state index contributed by atoms with van der Waals surface area (Å²) in [6.45, 7) is 2.15. The molecule has 25 heavy (non-hydrogen) atoms. The third kappa shape index (κ3) is 2.87. The van der Waals surface area contributed by atoms with Gasteiger partial charge in [-0.05, 0) is 44.9 Å². The molecule has 6 heteroatoms. The van der Waals surface area contributed by atoms with Crippen molar-refractivity contribution in [2.75, 3.05) is 23.3 Å². The number of hydrogen-bond donors (Lipinski definition) is 2. The summed E-state index contributed by atoms with van der Waals surface area (Å²) in [6, 6.07) is 2.18. The van der Waals surface area contributed by atoms with Crippen molar-refractivity contribution in [2.45, 2.75) is 63.7 Å². The monoisotopic (exact) mass is 338 g/mol. The van der Waals surface area contributed by atoms with Gasteiger partial charge in [-0.1, -0.05) is 12.8 Å². The van der Waals surface area contributed by atoms with E-state index < -0.39 is 0 Å². The van der Waals surface area contributed by atoms with Crippen LogP contribution in [0.15, 0.2) is 6.07 Å². The zero-order valence-corrected chi connectivity index (χ0v) is 14.7. The lowest BCUT2D eigenvalue weighted by atomic mass is 10.0. The number of aromatic nitrogens is 4. The van der Waals surface area contributed by atoms with E-state index in [1.165, 1.54) is 61.9 Å². The fourth-order valence-corrected chi connectivity index (χ4v) is 4.55. The molecule has 1 aliphatic heterocycles. The predicted molar refractivity (Wildman–Crippen MR) is 98.6 cm³/mol. The summed E-state index contributed by atoms with van der Waals surface area (Å²) < 4.78 is 0. The maximum absolute atomic E-state index is 4.88. The molecule has 2 aromatic rings. The molecule has 0 atom stereocenters. The highest BCUT2D eigenvalue weighted by Crippen LogP contribution is 2.35. The average molecular weight is 338 g/mol. The maximum Gasteiger partial charge on any atom is 0.227 e. The second-order valence-electron chi connectivity index (χ2n) is 7.66. The fourth-order valence-electron chi connectivity index (χ4n) is 4.55. The summed E-state index contributed by atoms with van der Waals surface area (Å²) >= 11 is 0. The van der Waals surface area contributed by atoms with Gasteiger partial charge in [0.2, 0.25) is 5.95 Å². The van der Waals surface area contributed by atoms with E-state index in [9.17, 15) is 0 Å². The zero-order chi connectivity index (χ0) is 16.6. The highest BCUT2D eigenvalue weighted by Gasteiger charge is 2.24. The van der Waals surface area contributed by atoms with Crippen LogP contribution in [0.3, 0.4) is 0 Å².